The average Bonchev–Trinajstić information content (AvgIpc) is 2.43. The molecule has 13 heavy (non-hydrogen) atoms. The van der Waals surface area contributed by atoms with Crippen molar-refractivity contribution in [1.82, 2.24) is 9.78 Å². The molecule has 3 nitrogen and oxygen atoms in total. The predicted molar refractivity (Wildman–Crippen MR) is 50.8 cm³/mol. The van der Waals surface area contributed by atoms with Gasteiger partial charge in [-0.1, -0.05) is 18.2 Å². The van der Waals surface area contributed by atoms with Crippen LogP contribution >= 0.6 is 0 Å². The van der Waals surface area contributed by atoms with Crippen LogP contribution in [0.25, 0.3) is 10.9 Å². The molecule has 1 aromatic heterocycles. The molecule has 0 unspecified atom stereocenters. The quantitative estimate of drug-likeness (QED) is 0.617. The lowest BCUT2D eigenvalue weighted by atomic mass is 10.1. The van der Waals surface area contributed by atoms with E-state index < -0.39 is 0 Å². The second kappa shape index (κ2) is 2.69. The lowest BCUT2D eigenvalue weighted by Gasteiger charge is -1.91. The molecule has 0 aliphatic rings. The molecule has 0 spiro atoms. The molecular formula is C10H10N2O. The zero-order valence-electron chi connectivity index (χ0n) is 7.61. The van der Waals surface area contributed by atoms with Crippen molar-refractivity contribution in [3.05, 3.63) is 29.5 Å². The molecule has 0 aliphatic heterocycles. The van der Waals surface area contributed by atoms with Gasteiger partial charge in [-0.05, 0) is 12.5 Å². The Bertz CT molecular complexity index is 471. The zero-order chi connectivity index (χ0) is 9.42. The van der Waals surface area contributed by atoms with E-state index in [0.29, 0.717) is 5.69 Å². The van der Waals surface area contributed by atoms with E-state index in [-0.39, 0.29) is 0 Å². The van der Waals surface area contributed by atoms with E-state index in [1.165, 1.54) is 0 Å². The SMILES string of the molecule is Cc1cccc2c(C=O)n(C)nc12. The first-order valence-corrected chi connectivity index (χ1v) is 4.11. The van der Waals surface area contributed by atoms with Gasteiger partial charge in [0, 0.05) is 12.4 Å². The summed E-state index contributed by atoms with van der Waals surface area (Å²) < 4.78 is 1.62. The van der Waals surface area contributed by atoms with Crippen molar-refractivity contribution in [3.63, 3.8) is 0 Å². The second-order valence-electron chi connectivity index (χ2n) is 3.10. The molecule has 2 rings (SSSR count). The van der Waals surface area contributed by atoms with Gasteiger partial charge in [-0.2, -0.15) is 5.10 Å². The van der Waals surface area contributed by atoms with Gasteiger partial charge >= 0.3 is 0 Å². The first-order chi connectivity index (χ1) is 6.24. The summed E-state index contributed by atoms with van der Waals surface area (Å²) in [5, 5.41) is 5.20. The lowest BCUT2D eigenvalue weighted by Crippen LogP contribution is -1.95. The third-order valence-corrected chi connectivity index (χ3v) is 2.22. The molecular weight excluding hydrogens is 164 g/mol. The molecule has 2 aromatic rings. The number of aryl methyl sites for hydroxylation is 2. The van der Waals surface area contributed by atoms with E-state index in [1.54, 1.807) is 11.7 Å². The number of rotatable bonds is 1. The van der Waals surface area contributed by atoms with Gasteiger partial charge in [0.05, 0.1) is 5.52 Å². The highest BCUT2D eigenvalue weighted by molar-refractivity contribution is 5.96. The standard InChI is InChI=1S/C10H10N2O/c1-7-4-3-5-8-9(6-13)12(2)11-10(7)8/h3-6H,1-2H3. The van der Waals surface area contributed by atoms with Crippen molar-refractivity contribution in [2.75, 3.05) is 0 Å². The Labute approximate surface area is 76.0 Å². The number of fused-ring (bicyclic) bond motifs is 1. The summed E-state index contributed by atoms with van der Waals surface area (Å²) in [6.07, 6.45) is 0.842. The summed E-state index contributed by atoms with van der Waals surface area (Å²) in [4.78, 5) is 10.8. The van der Waals surface area contributed by atoms with Gasteiger partial charge in [-0.15, -0.1) is 0 Å². The largest absolute Gasteiger partial charge is 0.296 e. The molecule has 0 fully saturated rings. The highest BCUT2D eigenvalue weighted by Gasteiger charge is 2.08. The van der Waals surface area contributed by atoms with E-state index in [1.807, 2.05) is 25.1 Å². The van der Waals surface area contributed by atoms with Crippen LogP contribution in [0.3, 0.4) is 0 Å². The van der Waals surface area contributed by atoms with Crippen LogP contribution in [0.4, 0.5) is 0 Å². The van der Waals surface area contributed by atoms with E-state index in [0.717, 1.165) is 22.8 Å². The molecule has 0 N–H and O–H groups in total. The van der Waals surface area contributed by atoms with Crippen LogP contribution in [-0.4, -0.2) is 16.1 Å². The molecule has 0 saturated heterocycles. The van der Waals surface area contributed by atoms with Gasteiger partial charge in [0.25, 0.3) is 0 Å². The maximum atomic E-state index is 10.8. The molecule has 1 heterocycles. The van der Waals surface area contributed by atoms with Crippen LogP contribution in [0.15, 0.2) is 18.2 Å². The first kappa shape index (κ1) is 7.98. The van der Waals surface area contributed by atoms with Gasteiger partial charge in [0.2, 0.25) is 0 Å². The summed E-state index contributed by atoms with van der Waals surface area (Å²) in [5.74, 6) is 0. The van der Waals surface area contributed by atoms with Crippen LogP contribution in [0, 0.1) is 6.92 Å². The maximum absolute atomic E-state index is 10.8. The highest BCUT2D eigenvalue weighted by Crippen LogP contribution is 2.19. The fraction of sp³-hybridized carbons (Fsp3) is 0.200. The van der Waals surface area contributed by atoms with Crippen molar-refractivity contribution in [2.45, 2.75) is 6.92 Å². The fourth-order valence-electron chi connectivity index (χ4n) is 1.52. The number of aromatic nitrogens is 2. The number of carbonyl (C=O) groups is 1. The first-order valence-electron chi connectivity index (χ1n) is 4.11. The minimum absolute atomic E-state index is 0.638. The third kappa shape index (κ3) is 1.04. The summed E-state index contributed by atoms with van der Waals surface area (Å²) in [6, 6.07) is 5.84. The van der Waals surface area contributed by atoms with Gasteiger partial charge in [0.15, 0.2) is 6.29 Å². The zero-order valence-corrected chi connectivity index (χ0v) is 7.61. The summed E-state index contributed by atoms with van der Waals surface area (Å²) in [6.45, 7) is 1.99. The molecule has 0 radical (unpaired) electrons. The van der Waals surface area contributed by atoms with Crippen molar-refractivity contribution in [3.8, 4) is 0 Å². The normalized spacial score (nSPS) is 10.6. The Kier molecular flexibility index (Phi) is 1.65. The Hall–Kier alpha value is -1.64. The Morgan fingerprint density at radius 2 is 2.23 bits per heavy atom. The smallest absolute Gasteiger partial charge is 0.168 e. The molecule has 0 amide bonds. The van der Waals surface area contributed by atoms with Crippen LogP contribution in [0.5, 0.6) is 0 Å². The van der Waals surface area contributed by atoms with Gasteiger partial charge in [-0.3, -0.25) is 9.48 Å². The molecule has 3 heteroatoms. The number of hydrogen-bond donors (Lipinski definition) is 0. The minimum atomic E-state index is 0.638. The fourth-order valence-corrected chi connectivity index (χ4v) is 1.52. The van der Waals surface area contributed by atoms with Crippen LogP contribution < -0.4 is 0 Å². The number of aldehydes is 1. The summed E-state index contributed by atoms with van der Waals surface area (Å²) in [5.41, 5.74) is 2.65. The Morgan fingerprint density at radius 1 is 1.46 bits per heavy atom. The molecule has 0 aliphatic carbocycles. The van der Waals surface area contributed by atoms with Crippen molar-refractivity contribution in [2.24, 2.45) is 7.05 Å². The topological polar surface area (TPSA) is 34.9 Å². The van der Waals surface area contributed by atoms with Crippen LogP contribution in [-0.2, 0) is 7.05 Å². The van der Waals surface area contributed by atoms with E-state index >= 15 is 0 Å². The van der Waals surface area contributed by atoms with E-state index in [4.69, 9.17) is 0 Å². The summed E-state index contributed by atoms with van der Waals surface area (Å²) in [7, 11) is 1.78. The number of benzene rings is 1. The lowest BCUT2D eigenvalue weighted by molar-refractivity contribution is 0.111. The molecule has 0 bridgehead atoms. The van der Waals surface area contributed by atoms with Gasteiger partial charge < -0.3 is 0 Å². The van der Waals surface area contributed by atoms with Crippen molar-refractivity contribution < 1.29 is 4.79 Å². The molecule has 0 atom stereocenters. The number of carbonyl (C=O) groups excluding carboxylic acids is 1. The third-order valence-electron chi connectivity index (χ3n) is 2.22. The van der Waals surface area contributed by atoms with E-state index in [9.17, 15) is 4.79 Å². The predicted octanol–water partition coefficient (Wildman–Crippen LogP) is 1.69. The molecule has 66 valence electrons. The summed E-state index contributed by atoms with van der Waals surface area (Å²) >= 11 is 0. The Balaban J connectivity index is 2.93. The highest BCUT2D eigenvalue weighted by atomic mass is 16.1. The number of nitrogens with zero attached hydrogens (tertiary/aromatic N) is 2. The van der Waals surface area contributed by atoms with Gasteiger partial charge in [0.1, 0.15) is 5.69 Å². The minimum Gasteiger partial charge on any atom is -0.296 e. The maximum Gasteiger partial charge on any atom is 0.168 e. The van der Waals surface area contributed by atoms with Crippen LogP contribution in [0.2, 0.25) is 0 Å². The van der Waals surface area contributed by atoms with Gasteiger partial charge in [-0.25, -0.2) is 0 Å². The van der Waals surface area contributed by atoms with E-state index in [2.05, 4.69) is 5.10 Å². The average molecular weight is 174 g/mol. The van der Waals surface area contributed by atoms with Crippen molar-refractivity contribution >= 4 is 17.2 Å². The Morgan fingerprint density at radius 3 is 2.92 bits per heavy atom. The molecule has 1 aromatic carbocycles. The van der Waals surface area contributed by atoms with Crippen molar-refractivity contribution in [1.29, 1.82) is 0 Å². The number of hydrogen-bond acceptors (Lipinski definition) is 2. The van der Waals surface area contributed by atoms with Crippen LogP contribution in [0.1, 0.15) is 16.1 Å². The molecule has 0 saturated carbocycles. The second-order valence-corrected chi connectivity index (χ2v) is 3.10. The monoisotopic (exact) mass is 174 g/mol.